The molecule has 0 spiro atoms. The van der Waals surface area contributed by atoms with Crippen molar-refractivity contribution in [2.24, 2.45) is 0 Å². The molecule has 0 radical (unpaired) electrons. The van der Waals surface area contributed by atoms with E-state index in [1.807, 2.05) is 54.6 Å². The van der Waals surface area contributed by atoms with E-state index in [4.69, 9.17) is 20.8 Å². The van der Waals surface area contributed by atoms with Crippen LogP contribution in [0.25, 0.3) is 22.6 Å². The van der Waals surface area contributed by atoms with Crippen LogP contribution in [0.3, 0.4) is 0 Å². The predicted octanol–water partition coefficient (Wildman–Crippen LogP) is 6.29. The van der Waals surface area contributed by atoms with E-state index in [1.165, 1.54) is 5.56 Å². The zero-order valence-corrected chi connectivity index (χ0v) is 15.2. The highest BCUT2D eigenvalue weighted by Gasteiger charge is 2.09. The van der Waals surface area contributed by atoms with Gasteiger partial charge in [-0.15, -0.1) is 0 Å². The summed E-state index contributed by atoms with van der Waals surface area (Å²) in [6, 6.07) is 21.5. The van der Waals surface area contributed by atoms with Crippen LogP contribution in [-0.2, 0) is 13.0 Å². The zero-order chi connectivity index (χ0) is 17.9. The third-order valence-corrected chi connectivity index (χ3v) is 4.53. The Kier molecular flexibility index (Phi) is 4.63. The van der Waals surface area contributed by atoms with Gasteiger partial charge in [0.05, 0.1) is 0 Å². The molecule has 1 heterocycles. The minimum absolute atomic E-state index is 0.499. The molecule has 0 saturated carbocycles. The Morgan fingerprint density at radius 2 is 1.65 bits per heavy atom. The number of hydrogen-bond donors (Lipinski definition) is 0. The maximum atomic E-state index is 5.89. The van der Waals surface area contributed by atoms with Crippen molar-refractivity contribution < 1.29 is 9.15 Å². The number of halogens is 1. The number of ether oxygens (including phenoxy) is 1. The Morgan fingerprint density at radius 1 is 0.923 bits per heavy atom. The number of rotatable bonds is 5. The summed E-state index contributed by atoms with van der Waals surface area (Å²) in [4.78, 5) is 4.60. The van der Waals surface area contributed by atoms with Crippen molar-refractivity contribution >= 4 is 22.7 Å². The zero-order valence-electron chi connectivity index (χ0n) is 14.4. The summed E-state index contributed by atoms with van der Waals surface area (Å²) in [5, 5.41) is 0.725. The quantitative estimate of drug-likeness (QED) is 0.418. The summed E-state index contributed by atoms with van der Waals surface area (Å²) in [7, 11) is 0. The first-order valence-electron chi connectivity index (χ1n) is 8.58. The monoisotopic (exact) mass is 363 g/mol. The van der Waals surface area contributed by atoms with Crippen LogP contribution in [0.5, 0.6) is 5.75 Å². The van der Waals surface area contributed by atoms with Crippen molar-refractivity contribution in [3.05, 3.63) is 82.9 Å². The van der Waals surface area contributed by atoms with E-state index in [0.717, 1.165) is 39.4 Å². The average Bonchev–Trinajstić information content (AvgIpc) is 3.11. The first kappa shape index (κ1) is 16.7. The fourth-order valence-electron chi connectivity index (χ4n) is 2.76. The standard InChI is InChI=1S/C22H18ClNO2/c1-2-15-5-12-21-20(13-15)24-22(26-21)17-6-10-19(11-7-17)25-14-16-3-8-18(23)9-4-16/h3-13H,2,14H2,1H3. The molecular weight excluding hydrogens is 346 g/mol. The van der Waals surface area contributed by atoms with Crippen LogP contribution in [-0.4, -0.2) is 4.98 Å². The van der Waals surface area contributed by atoms with E-state index in [9.17, 15) is 0 Å². The molecule has 26 heavy (non-hydrogen) atoms. The summed E-state index contributed by atoms with van der Waals surface area (Å²) in [5.41, 5.74) is 4.95. The fraction of sp³-hybridized carbons (Fsp3) is 0.136. The molecule has 3 nitrogen and oxygen atoms in total. The van der Waals surface area contributed by atoms with Crippen molar-refractivity contribution in [3.8, 4) is 17.2 Å². The number of benzene rings is 3. The van der Waals surface area contributed by atoms with Gasteiger partial charge in [0.25, 0.3) is 0 Å². The van der Waals surface area contributed by atoms with Crippen LogP contribution in [0, 0.1) is 0 Å². The van der Waals surface area contributed by atoms with E-state index >= 15 is 0 Å². The Balaban J connectivity index is 1.49. The van der Waals surface area contributed by atoms with Crippen LogP contribution >= 0.6 is 11.6 Å². The number of aromatic nitrogens is 1. The van der Waals surface area contributed by atoms with Crippen LogP contribution in [0.1, 0.15) is 18.1 Å². The Hall–Kier alpha value is -2.78. The van der Waals surface area contributed by atoms with Gasteiger partial charge in [0, 0.05) is 10.6 Å². The summed E-state index contributed by atoms with van der Waals surface area (Å²) in [6.07, 6.45) is 0.984. The average molecular weight is 364 g/mol. The number of fused-ring (bicyclic) bond motifs is 1. The highest BCUT2D eigenvalue weighted by atomic mass is 35.5. The minimum Gasteiger partial charge on any atom is -0.489 e. The topological polar surface area (TPSA) is 35.3 Å². The van der Waals surface area contributed by atoms with Gasteiger partial charge in [0.2, 0.25) is 5.89 Å². The fourth-order valence-corrected chi connectivity index (χ4v) is 2.88. The lowest BCUT2D eigenvalue weighted by Crippen LogP contribution is -1.94. The highest BCUT2D eigenvalue weighted by molar-refractivity contribution is 6.30. The van der Waals surface area contributed by atoms with Crippen molar-refractivity contribution in [3.63, 3.8) is 0 Å². The second kappa shape index (κ2) is 7.22. The second-order valence-electron chi connectivity index (χ2n) is 6.11. The SMILES string of the molecule is CCc1ccc2oc(-c3ccc(OCc4ccc(Cl)cc4)cc3)nc2c1. The summed E-state index contributed by atoms with van der Waals surface area (Å²) in [5.74, 6) is 1.42. The van der Waals surface area contributed by atoms with E-state index < -0.39 is 0 Å². The van der Waals surface area contributed by atoms with Gasteiger partial charge in [-0.05, 0) is 66.1 Å². The molecule has 0 saturated heterocycles. The molecule has 0 aliphatic heterocycles. The third kappa shape index (κ3) is 3.58. The molecule has 0 unspecified atom stereocenters. The first-order valence-corrected chi connectivity index (χ1v) is 8.96. The molecule has 0 amide bonds. The second-order valence-corrected chi connectivity index (χ2v) is 6.55. The molecule has 0 fully saturated rings. The number of oxazole rings is 1. The van der Waals surface area contributed by atoms with Gasteiger partial charge in [0.1, 0.15) is 17.9 Å². The van der Waals surface area contributed by atoms with E-state index in [1.54, 1.807) is 0 Å². The molecule has 130 valence electrons. The van der Waals surface area contributed by atoms with Crippen LogP contribution in [0.2, 0.25) is 5.02 Å². The van der Waals surface area contributed by atoms with Gasteiger partial charge in [-0.1, -0.05) is 36.7 Å². The Morgan fingerprint density at radius 3 is 2.38 bits per heavy atom. The first-order chi connectivity index (χ1) is 12.7. The largest absolute Gasteiger partial charge is 0.489 e. The Bertz CT molecular complexity index is 1020. The third-order valence-electron chi connectivity index (χ3n) is 4.28. The number of aryl methyl sites for hydroxylation is 1. The molecule has 0 atom stereocenters. The smallest absolute Gasteiger partial charge is 0.227 e. The molecular formula is C22H18ClNO2. The van der Waals surface area contributed by atoms with Crippen molar-refractivity contribution in [2.45, 2.75) is 20.0 Å². The lowest BCUT2D eigenvalue weighted by Gasteiger charge is -2.06. The maximum Gasteiger partial charge on any atom is 0.227 e. The van der Waals surface area contributed by atoms with Gasteiger partial charge in [-0.2, -0.15) is 0 Å². The maximum absolute atomic E-state index is 5.89. The van der Waals surface area contributed by atoms with E-state index in [-0.39, 0.29) is 0 Å². The van der Waals surface area contributed by atoms with Gasteiger partial charge < -0.3 is 9.15 Å². The van der Waals surface area contributed by atoms with Crippen molar-refractivity contribution in [2.75, 3.05) is 0 Å². The lowest BCUT2D eigenvalue weighted by molar-refractivity contribution is 0.306. The minimum atomic E-state index is 0.499. The van der Waals surface area contributed by atoms with Gasteiger partial charge in [-0.25, -0.2) is 4.98 Å². The van der Waals surface area contributed by atoms with Crippen molar-refractivity contribution in [1.29, 1.82) is 0 Å². The molecule has 1 aromatic heterocycles. The van der Waals surface area contributed by atoms with Gasteiger partial charge in [0.15, 0.2) is 5.58 Å². The molecule has 4 heteroatoms. The number of nitrogens with zero attached hydrogens (tertiary/aromatic N) is 1. The summed E-state index contributed by atoms with van der Waals surface area (Å²) < 4.78 is 11.7. The lowest BCUT2D eigenvalue weighted by atomic mass is 10.1. The van der Waals surface area contributed by atoms with Crippen LogP contribution in [0.15, 0.2) is 71.1 Å². The molecule has 0 bridgehead atoms. The molecule has 0 aliphatic rings. The normalized spacial score (nSPS) is 11.0. The van der Waals surface area contributed by atoms with Crippen LogP contribution in [0.4, 0.5) is 0 Å². The van der Waals surface area contributed by atoms with Gasteiger partial charge in [-0.3, -0.25) is 0 Å². The van der Waals surface area contributed by atoms with E-state index in [2.05, 4.69) is 24.0 Å². The summed E-state index contributed by atoms with van der Waals surface area (Å²) in [6.45, 7) is 2.63. The number of hydrogen-bond acceptors (Lipinski definition) is 3. The van der Waals surface area contributed by atoms with Crippen LogP contribution < -0.4 is 4.74 Å². The van der Waals surface area contributed by atoms with Crippen molar-refractivity contribution in [1.82, 2.24) is 4.98 Å². The molecule has 0 aliphatic carbocycles. The molecule has 4 rings (SSSR count). The molecule has 3 aromatic carbocycles. The summed E-state index contributed by atoms with van der Waals surface area (Å²) >= 11 is 5.89. The van der Waals surface area contributed by atoms with E-state index in [0.29, 0.717) is 12.5 Å². The Labute approximate surface area is 157 Å². The van der Waals surface area contributed by atoms with Gasteiger partial charge >= 0.3 is 0 Å². The molecule has 0 N–H and O–H groups in total. The molecule has 4 aromatic rings. The highest BCUT2D eigenvalue weighted by Crippen LogP contribution is 2.27. The predicted molar refractivity (Wildman–Crippen MR) is 105 cm³/mol.